The smallest absolute Gasteiger partial charge is 0.338 e. The van der Waals surface area contributed by atoms with Gasteiger partial charge < -0.3 is 9.26 Å². The maximum atomic E-state index is 11.9. The number of carbonyl (C=O) groups is 2. The van der Waals surface area contributed by atoms with Gasteiger partial charge in [-0.1, -0.05) is 35.0 Å². The molecular formula is C20H15N3O4. The van der Waals surface area contributed by atoms with Crippen LogP contribution in [-0.4, -0.2) is 23.6 Å². The topological polar surface area (TPSA) is 105 Å². The van der Waals surface area contributed by atoms with Crippen LogP contribution in [0.1, 0.15) is 21.5 Å². The maximum absolute atomic E-state index is 11.9. The van der Waals surface area contributed by atoms with E-state index in [4.69, 9.17) is 14.5 Å². The fourth-order valence-corrected chi connectivity index (χ4v) is 2.26. The zero-order chi connectivity index (χ0) is 19.2. The molecule has 0 saturated heterocycles. The molecule has 3 aromatic rings. The molecule has 0 atom stereocenters. The van der Waals surface area contributed by atoms with Crippen LogP contribution in [0.25, 0.3) is 11.3 Å². The average molecular weight is 361 g/mol. The molecule has 1 N–H and O–H groups in total. The quantitative estimate of drug-likeness (QED) is 0.699. The van der Waals surface area contributed by atoms with Crippen LogP contribution in [0.4, 0.5) is 5.88 Å². The summed E-state index contributed by atoms with van der Waals surface area (Å²) in [6.07, 6.45) is 0. The van der Waals surface area contributed by atoms with E-state index in [-0.39, 0.29) is 11.4 Å². The highest BCUT2D eigenvalue weighted by Gasteiger charge is 2.13. The number of benzene rings is 2. The van der Waals surface area contributed by atoms with Crippen molar-refractivity contribution < 1.29 is 18.8 Å². The van der Waals surface area contributed by atoms with Gasteiger partial charge in [0.05, 0.1) is 17.2 Å². The van der Waals surface area contributed by atoms with Crippen LogP contribution in [0.5, 0.6) is 0 Å². The van der Waals surface area contributed by atoms with Gasteiger partial charge in [-0.25, -0.2) is 4.79 Å². The Bertz CT molecular complexity index is 999. The number of anilines is 1. The van der Waals surface area contributed by atoms with Gasteiger partial charge in [-0.15, -0.1) is 0 Å². The first-order valence-electron chi connectivity index (χ1n) is 8.06. The van der Waals surface area contributed by atoms with E-state index in [9.17, 15) is 9.59 Å². The number of aromatic nitrogens is 1. The Kier molecular flexibility index (Phi) is 5.28. The summed E-state index contributed by atoms with van der Waals surface area (Å²) in [6.45, 7) is 1.51. The Morgan fingerprint density at radius 2 is 1.85 bits per heavy atom. The number of ether oxygens (including phenoxy) is 1. The van der Waals surface area contributed by atoms with Gasteiger partial charge in [-0.2, -0.15) is 5.26 Å². The van der Waals surface area contributed by atoms with Crippen molar-refractivity contribution in [1.29, 1.82) is 5.26 Å². The minimum absolute atomic E-state index is 0.157. The lowest BCUT2D eigenvalue weighted by atomic mass is 10.1. The molecule has 3 rings (SSSR count). The Morgan fingerprint density at radius 3 is 2.52 bits per heavy atom. The summed E-state index contributed by atoms with van der Waals surface area (Å²) >= 11 is 0. The molecule has 7 heteroatoms. The van der Waals surface area contributed by atoms with E-state index in [0.717, 1.165) is 11.1 Å². The van der Waals surface area contributed by atoms with Crippen LogP contribution in [-0.2, 0) is 9.53 Å². The highest BCUT2D eigenvalue weighted by atomic mass is 16.5. The number of aryl methyl sites for hydroxylation is 1. The highest BCUT2D eigenvalue weighted by Crippen LogP contribution is 2.22. The van der Waals surface area contributed by atoms with E-state index >= 15 is 0 Å². The molecule has 0 fully saturated rings. The third kappa shape index (κ3) is 4.58. The lowest BCUT2D eigenvalue weighted by Crippen LogP contribution is -2.20. The number of esters is 1. The van der Waals surface area contributed by atoms with Crippen LogP contribution >= 0.6 is 0 Å². The number of nitrogens with one attached hydrogen (secondary N) is 1. The van der Waals surface area contributed by atoms with Gasteiger partial charge in [0, 0.05) is 11.6 Å². The normalized spacial score (nSPS) is 10.1. The van der Waals surface area contributed by atoms with Crippen molar-refractivity contribution in [2.75, 3.05) is 11.9 Å². The minimum atomic E-state index is -0.660. The van der Waals surface area contributed by atoms with Gasteiger partial charge in [0.15, 0.2) is 6.61 Å². The fraction of sp³-hybridized carbons (Fsp3) is 0.100. The third-order valence-corrected chi connectivity index (χ3v) is 3.70. The van der Waals surface area contributed by atoms with Crippen molar-refractivity contribution >= 4 is 17.8 Å². The standard InChI is InChI=1S/C20H15N3O4/c1-13-2-6-15(7-3-13)17-10-19(27-23-17)22-18(24)12-26-20(25)16-8-4-14(11-21)5-9-16/h2-10H,12H2,1H3,(H,22,24). The summed E-state index contributed by atoms with van der Waals surface area (Å²) in [5, 5.41) is 15.1. The maximum Gasteiger partial charge on any atom is 0.338 e. The molecule has 1 aromatic heterocycles. The van der Waals surface area contributed by atoms with Crippen molar-refractivity contribution in [3.8, 4) is 17.3 Å². The summed E-state index contributed by atoms with van der Waals surface area (Å²) in [5.41, 5.74) is 3.25. The molecule has 7 nitrogen and oxygen atoms in total. The van der Waals surface area contributed by atoms with E-state index in [1.165, 1.54) is 24.3 Å². The molecule has 0 aliphatic heterocycles. The number of nitriles is 1. The van der Waals surface area contributed by atoms with E-state index in [1.54, 1.807) is 6.07 Å². The molecule has 1 amide bonds. The van der Waals surface area contributed by atoms with Gasteiger partial charge in [0.25, 0.3) is 5.91 Å². The van der Waals surface area contributed by atoms with Crippen LogP contribution in [0, 0.1) is 18.3 Å². The van der Waals surface area contributed by atoms with Crippen LogP contribution in [0.2, 0.25) is 0 Å². The lowest BCUT2D eigenvalue weighted by molar-refractivity contribution is -0.119. The van der Waals surface area contributed by atoms with Gasteiger partial charge in [-0.05, 0) is 31.2 Å². The third-order valence-electron chi connectivity index (χ3n) is 3.70. The van der Waals surface area contributed by atoms with E-state index in [2.05, 4.69) is 10.5 Å². The first-order chi connectivity index (χ1) is 13.0. The molecular weight excluding hydrogens is 346 g/mol. The first kappa shape index (κ1) is 17.9. The number of hydrogen-bond donors (Lipinski definition) is 1. The van der Waals surface area contributed by atoms with Crippen molar-refractivity contribution in [2.24, 2.45) is 0 Å². The summed E-state index contributed by atoms with van der Waals surface area (Å²) < 4.78 is 10.0. The summed E-state index contributed by atoms with van der Waals surface area (Å²) in [4.78, 5) is 23.8. The monoisotopic (exact) mass is 361 g/mol. The van der Waals surface area contributed by atoms with E-state index in [1.807, 2.05) is 37.3 Å². The molecule has 27 heavy (non-hydrogen) atoms. The van der Waals surface area contributed by atoms with Crippen LogP contribution in [0.15, 0.2) is 59.1 Å². The second-order valence-corrected chi connectivity index (χ2v) is 5.76. The molecule has 0 bridgehead atoms. The molecule has 0 spiro atoms. The van der Waals surface area contributed by atoms with Gasteiger partial charge >= 0.3 is 5.97 Å². The number of amides is 1. The number of carbonyl (C=O) groups excluding carboxylic acids is 2. The second kappa shape index (κ2) is 7.97. The van der Waals surface area contributed by atoms with Crippen molar-refractivity contribution in [3.63, 3.8) is 0 Å². The molecule has 2 aromatic carbocycles. The SMILES string of the molecule is Cc1ccc(-c2cc(NC(=O)COC(=O)c3ccc(C#N)cc3)on2)cc1. The van der Waals surface area contributed by atoms with Gasteiger partial charge in [0.2, 0.25) is 5.88 Å². The average Bonchev–Trinajstić information content (AvgIpc) is 3.15. The Hall–Kier alpha value is -3.92. The summed E-state index contributed by atoms with van der Waals surface area (Å²) in [6, 6.07) is 17.2. The molecule has 0 aliphatic carbocycles. The summed E-state index contributed by atoms with van der Waals surface area (Å²) in [7, 11) is 0. The Balaban J connectivity index is 1.54. The van der Waals surface area contributed by atoms with Crippen LogP contribution < -0.4 is 5.32 Å². The highest BCUT2D eigenvalue weighted by molar-refractivity contribution is 5.95. The summed E-state index contributed by atoms with van der Waals surface area (Å²) in [5.74, 6) is -1.05. The lowest BCUT2D eigenvalue weighted by Gasteiger charge is -2.04. The Morgan fingerprint density at radius 1 is 1.15 bits per heavy atom. The van der Waals surface area contributed by atoms with Crippen molar-refractivity contribution in [3.05, 3.63) is 71.3 Å². The predicted molar refractivity (Wildman–Crippen MR) is 96.7 cm³/mol. The van der Waals surface area contributed by atoms with E-state index in [0.29, 0.717) is 11.3 Å². The zero-order valence-electron chi connectivity index (χ0n) is 14.4. The first-order valence-corrected chi connectivity index (χ1v) is 8.06. The number of nitrogens with zero attached hydrogens (tertiary/aromatic N) is 2. The van der Waals surface area contributed by atoms with E-state index < -0.39 is 18.5 Å². The van der Waals surface area contributed by atoms with Gasteiger partial charge in [0.1, 0.15) is 5.69 Å². The molecule has 134 valence electrons. The molecule has 0 radical (unpaired) electrons. The molecule has 0 unspecified atom stereocenters. The molecule has 1 heterocycles. The minimum Gasteiger partial charge on any atom is -0.452 e. The zero-order valence-corrected chi connectivity index (χ0v) is 14.4. The van der Waals surface area contributed by atoms with Crippen molar-refractivity contribution in [1.82, 2.24) is 5.16 Å². The number of rotatable bonds is 5. The largest absolute Gasteiger partial charge is 0.452 e. The molecule has 0 saturated carbocycles. The van der Waals surface area contributed by atoms with Crippen molar-refractivity contribution in [2.45, 2.75) is 6.92 Å². The second-order valence-electron chi connectivity index (χ2n) is 5.76. The van der Waals surface area contributed by atoms with Crippen LogP contribution in [0.3, 0.4) is 0 Å². The number of hydrogen-bond acceptors (Lipinski definition) is 6. The van der Waals surface area contributed by atoms with Gasteiger partial charge in [-0.3, -0.25) is 10.1 Å². The predicted octanol–water partition coefficient (Wildman–Crippen LogP) is 3.32. The molecule has 0 aliphatic rings. The fourth-order valence-electron chi connectivity index (χ4n) is 2.26. The Labute approximate surface area is 155 Å².